The number of anilines is 1. The first kappa shape index (κ1) is 14.6. The summed E-state index contributed by atoms with van der Waals surface area (Å²) in [6, 6.07) is 9.58. The van der Waals surface area contributed by atoms with Crippen molar-refractivity contribution >= 4 is 38.9 Å². The van der Waals surface area contributed by atoms with Gasteiger partial charge in [0.15, 0.2) is 0 Å². The summed E-state index contributed by atoms with van der Waals surface area (Å²) in [5, 5.41) is 14.1. The van der Waals surface area contributed by atoms with E-state index >= 15 is 0 Å². The predicted octanol–water partition coefficient (Wildman–Crippen LogP) is 4.84. The van der Waals surface area contributed by atoms with E-state index in [2.05, 4.69) is 21.2 Å². The molecule has 0 spiro atoms. The standard InChI is InChI=1S/C13H10BrClN2O3/c1-16-9-5-10(17(18)19)7-11(6-9)20-13-3-2-8(14)4-12(13)15/h2-7,16H,1H3. The molecule has 2 aromatic carbocycles. The zero-order valence-electron chi connectivity index (χ0n) is 10.4. The van der Waals surface area contributed by atoms with Crippen molar-refractivity contribution < 1.29 is 9.66 Å². The zero-order chi connectivity index (χ0) is 14.7. The molecule has 0 aliphatic carbocycles. The van der Waals surface area contributed by atoms with Gasteiger partial charge in [0.1, 0.15) is 11.5 Å². The highest BCUT2D eigenvalue weighted by molar-refractivity contribution is 9.10. The SMILES string of the molecule is CNc1cc(Oc2ccc(Br)cc2Cl)cc([N+](=O)[O-])c1. The van der Waals surface area contributed by atoms with Crippen molar-refractivity contribution in [2.45, 2.75) is 0 Å². The lowest BCUT2D eigenvalue weighted by molar-refractivity contribution is -0.384. The largest absolute Gasteiger partial charge is 0.455 e. The van der Waals surface area contributed by atoms with Crippen LogP contribution in [0.2, 0.25) is 5.02 Å². The number of hydrogen-bond donors (Lipinski definition) is 1. The maximum atomic E-state index is 10.9. The molecule has 1 N–H and O–H groups in total. The zero-order valence-corrected chi connectivity index (χ0v) is 12.7. The molecular formula is C13H10BrClN2O3. The van der Waals surface area contributed by atoms with Crippen molar-refractivity contribution in [3.63, 3.8) is 0 Å². The van der Waals surface area contributed by atoms with Crippen LogP contribution >= 0.6 is 27.5 Å². The summed E-state index contributed by atoms with van der Waals surface area (Å²) in [7, 11) is 1.68. The molecule has 7 heteroatoms. The third-order valence-electron chi connectivity index (χ3n) is 2.51. The number of halogens is 2. The molecule has 0 unspecified atom stereocenters. The van der Waals surface area contributed by atoms with Gasteiger partial charge < -0.3 is 10.1 Å². The number of nitrogens with one attached hydrogen (secondary N) is 1. The molecule has 0 atom stereocenters. The topological polar surface area (TPSA) is 64.4 Å². The number of nitro benzene ring substituents is 1. The van der Waals surface area contributed by atoms with Crippen molar-refractivity contribution in [1.29, 1.82) is 0 Å². The summed E-state index contributed by atoms with van der Waals surface area (Å²) < 4.78 is 6.42. The van der Waals surface area contributed by atoms with Gasteiger partial charge in [-0.3, -0.25) is 10.1 Å². The van der Waals surface area contributed by atoms with Crippen LogP contribution in [0, 0.1) is 10.1 Å². The molecule has 5 nitrogen and oxygen atoms in total. The minimum absolute atomic E-state index is 0.0555. The van der Waals surface area contributed by atoms with Crippen LogP contribution in [0.1, 0.15) is 0 Å². The summed E-state index contributed by atoms with van der Waals surface area (Å²) in [6.07, 6.45) is 0. The maximum absolute atomic E-state index is 10.9. The summed E-state index contributed by atoms with van der Waals surface area (Å²) in [5.74, 6) is 0.769. The molecule has 0 amide bonds. The highest BCUT2D eigenvalue weighted by Gasteiger charge is 2.12. The Kier molecular flexibility index (Phi) is 4.46. The number of ether oxygens (including phenoxy) is 1. The first-order chi connectivity index (χ1) is 9.49. The molecule has 2 rings (SSSR count). The minimum atomic E-state index is -0.475. The molecule has 0 saturated heterocycles. The van der Waals surface area contributed by atoms with Gasteiger partial charge in [0.2, 0.25) is 0 Å². The van der Waals surface area contributed by atoms with Crippen LogP contribution in [0.5, 0.6) is 11.5 Å². The second-order valence-electron chi connectivity index (χ2n) is 3.90. The number of hydrogen-bond acceptors (Lipinski definition) is 4. The van der Waals surface area contributed by atoms with E-state index in [0.717, 1.165) is 4.47 Å². The molecule has 0 radical (unpaired) electrons. The Balaban J connectivity index is 2.37. The van der Waals surface area contributed by atoms with E-state index < -0.39 is 4.92 Å². The van der Waals surface area contributed by atoms with Gasteiger partial charge in [-0.25, -0.2) is 0 Å². The average molecular weight is 358 g/mol. The van der Waals surface area contributed by atoms with E-state index in [4.69, 9.17) is 16.3 Å². The third-order valence-corrected chi connectivity index (χ3v) is 3.30. The van der Waals surface area contributed by atoms with Crippen molar-refractivity contribution in [1.82, 2.24) is 0 Å². The van der Waals surface area contributed by atoms with E-state index in [1.807, 2.05) is 0 Å². The summed E-state index contributed by atoms with van der Waals surface area (Å²) in [4.78, 5) is 10.4. The highest BCUT2D eigenvalue weighted by Crippen LogP contribution is 2.34. The van der Waals surface area contributed by atoms with E-state index in [1.165, 1.54) is 12.1 Å². The van der Waals surface area contributed by atoms with Gasteiger partial charge in [0.25, 0.3) is 5.69 Å². The fourth-order valence-electron chi connectivity index (χ4n) is 1.58. The molecule has 0 heterocycles. The van der Waals surface area contributed by atoms with Gasteiger partial charge in [-0.15, -0.1) is 0 Å². The lowest BCUT2D eigenvalue weighted by atomic mass is 10.2. The quantitative estimate of drug-likeness (QED) is 0.628. The lowest BCUT2D eigenvalue weighted by Gasteiger charge is -2.09. The monoisotopic (exact) mass is 356 g/mol. The maximum Gasteiger partial charge on any atom is 0.275 e. The highest BCUT2D eigenvalue weighted by atomic mass is 79.9. The molecule has 104 valence electrons. The number of nitro groups is 1. The van der Waals surface area contributed by atoms with E-state index in [-0.39, 0.29) is 5.69 Å². The normalized spacial score (nSPS) is 10.2. The average Bonchev–Trinajstić information content (AvgIpc) is 2.41. The molecule has 0 aliphatic heterocycles. The van der Waals surface area contributed by atoms with Crippen LogP contribution in [-0.4, -0.2) is 12.0 Å². The van der Waals surface area contributed by atoms with Crippen molar-refractivity contribution in [3.05, 3.63) is 56.0 Å². The Bertz CT molecular complexity index is 664. The Morgan fingerprint density at radius 2 is 2.05 bits per heavy atom. The molecule has 0 aromatic heterocycles. The second kappa shape index (κ2) is 6.11. The van der Waals surface area contributed by atoms with Crippen molar-refractivity contribution in [3.8, 4) is 11.5 Å². The second-order valence-corrected chi connectivity index (χ2v) is 5.22. The molecule has 0 bridgehead atoms. The Labute approximate surface area is 128 Å². The van der Waals surface area contributed by atoms with Crippen LogP contribution in [0.25, 0.3) is 0 Å². The van der Waals surface area contributed by atoms with E-state index in [1.54, 1.807) is 31.3 Å². The van der Waals surface area contributed by atoms with Crippen molar-refractivity contribution in [2.24, 2.45) is 0 Å². The Morgan fingerprint density at radius 3 is 2.65 bits per heavy atom. The van der Waals surface area contributed by atoms with Crippen LogP contribution in [0.4, 0.5) is 11.4 Å². The van der Waals surface area contributed by atoms with Gasteiger partial charge in [-0.05, 0) is 18.2 Å². The minimum Gasteiger partial charge on any atom is -0.455 e. The summed E-state index contributed by atoms with van der Waals surface area (Å²) in [5.41, 5.74) is 0.530. The van der Waals surface area contributed by atoms with Gasteiger partial charge in [0.05, 0.1) is 16.0 Å². The van der Waals surface area contributed by atoms with Gasteiger partial charge in [0, 0.05) is 29.3 Å². The molecule has 2 aromatic rings. The first-order valence-electron chi connectivity index (χ1n) is 5.60. The number of rotatable bonds is 4. The van der Waals surface area contributed by atoms with Crippen LogP contribution in [-0.2, 0) is 0 Å². The van der Waals surface area contributed by atoms with Crippen LogP contribution in [0.3, 0.4) is 0 Å². The molecular weight excluding hydrogens is 348 g/mol. The first-order valence-corrected chi connectivity index (χ1v) is 6.77. The molecule has 0 saturated carbocycles. The predicted molar refractivity (Wildman–Crippen MR) is 81.9 cm³/mol. The number of nitrogens with zero attached hydrogens (tertiary/aromatic N) is 1. The van der Waals surface area contributed by atoms with Gasteiger partial charge in [-0.2, -0.15) is 0 Å². The third kappa shape index (κ3) is 3.40. The fourth-order valence-corrected chi connectivity index (χ4v) is 2.29. The van der Waals surface area contributed by atoms with E-state index in [0.29, 0.717) is 22.2 Å². The smallest absolute Gasteiger partial charge is 0.275 e. The fraction of sp³-hybridized carbons (Fsp3) is 0.0769. The van der Waals surface area contributed by atoms with Crippen LogP contribution < -0.4 is 10.1 Å². The molecule has 0 aliphatic rings. The van der Waals surface area contributed by atoms with Crippen molar-refractivity contribution in [2.75, 3.05) is 12.4 Å². The Hall–Kier alpha value is -1.79. The summed E-state index contributed by atoms with van der Waals surface area (Å²) in [6.45, 7) is 0. The number of benzene rings is 2. The Morgan fingerprint density at radius 1 is 1.30 bits per heavy atom. The number of non-ortho nitro benzene ring substituents is 1. The van der Waals surface area contributed by atoms with Crippen LogP contribution in [0.15, 0.2) is 40.9 Å². The summed E-state index contributed by atoms with van der Waals surface area (Å²) >= 11 is 9.35. The van der Waals surface area contributed by atoms with Gasteiger partial charge in [-0.1, -0.05) is 27.5 Å². The van der Waals surface area contributed by atoms with Gasteiger partial charge >= 0.3 is 0 Å². The molecule has 20 heavy (non-hydrogen) atoms. The van der Waals surface area contributed by atoms with E-state index in [9.17, 15) is 10.1 Å². The molecule has 0 fully saturated rings. The lowest BCUT2D eigenvalue weighted by Crippen LogP contribution is -1.94.